The predicted molar refractivity (Wildman–Crippen MR) is 162 cm³/mol. The van der Waals surface area contributed by atoms with Crippen LogP contribution in [0.2, 0.25) is 5.02 Å². The third-order valence-electron chi connectivity index (χ3n) is 7.25. The van der Waals surface area contributed by atoms with E-state index in [4.69, 9.17) is 21.1 Å². The minimum Gasteiger partial charge on any atom is -0.481 e. The minimum absolute atomic E-state index is 0.0162. The van der Waals surface area contributed by atoms with E-state index in [-0.39, 0.29) is 34.8 Å². The summed E-state index contributed by atoms with van der Waals surface area (Å²) in [5.74, 6) is -0.373. The van der Waals surface area contributed by atoms with Gasteiger partial charge in [0, 0.05) is 42.7 Å². The first-order valence-electron chi connectivity index (χ1n) is 14.3. The van der Waals surface area contributed by atoms with Gasteiger partial charge in [0.2, 0.25) is 17.6 Å². The number of likely N-dealkylation sites (tertiary alicyclic amines) is 1. The summed E-state index contributed by atoms with van der Waals surface area (Å²) in [5, 5.41) is 6.68. The number of fused-ring (bicyclic) bond motifs is 1. The third kappa shape index (κ3) is 7.25. The van der Waals surface area contributed by atoms with Gasteiger partial charge in [-0.3, -0.25) is 9.59 Å². The SMILES string of the molecule is COc1cc(-c2nc3n(CC(=O)Nc4ccc(C(F)(F)F)cc4Cl)cc(C4CCN(C(=O)OC(C)(C)C)CC4)c(=O)n3n2)ccn1. The van der Waals surface area contributed by atoms with E-state index in [1.807, 2.05) is 0 Å². The standard InChI is InChI=1S/C30H31ClF3N7O5/c1-29(2,3)46-28(44)39-11-8-17(9-12-39)20-15-40(16-23(42)36-22-6-5-19(14-21(22)31)30(32,33)34)27-37-25(38-41(27)26(20)43)18-7-10-35-24(13-18)45-4/h5-7,10,13-15,17H,8-9,11-12,16H2,1-4H3,(H,36,42). The lowest BCUT2D eigenvalue weighted by atomic mass is 9.91. The molecule has 46 heavy (non-hydrogen) atoms. The predicted octanol–water partition coefficient (Wildman–Crippen LogP) is 5.39. The van der Waals surface area contributed by atoms with Crippen LogP contribution in [-0.4, -0.2) is 66.8 Å². The Bertz CT molecular complexity index is 1840. The molecule has 1 fully saturated rings. The molecule has 3 aromatic heterocycles. The average molecular weight is 662 g/mol. The van der Waals surface area contributed by atoms with Gasteiger partial charge in [0.05, 0.1) is 23.4 Å². The quantitative estimate of drug-likeness (QED) is 0.291. The summed E-state index contributed by atoms with van der Waals surface area (Å²) in [6.45, 7) is 5.68. The smallest absolute Gasteiger partial charge is 0.416 e. The van der Waals surface area contributed by atoms with E-state index in [9.17, 15) is 27.6 Å². The fourth-order valence-electron chi connectivity index (χ4n) is 5.04. The number of carbonyl (C=O) groups excluding carboxylic acids is 2. The summed E-state index contributed by atoms with van der Waals surface area (Å²) in [4.78, 5) is 49.8. The number of carbonyl (C=O) groups is 2. The number of pyridine rings is 1. The van der Waals surface area contributed by atoms with Gasteiger partial charge in [0.1, 0.15) is 12.1 Å². The van der Waals surface area contributed by atoms with Gasteiger partial charge in [-0.15, -0.1) is 5.10 Å². The number of amides is 2. The second-order valence-electron chi connectivity index (χ2n) is 11.7. The number of rotatable bonds is 6. The summed E-state index contributed by atoms with van der Waals surface area (Å²) in [5.41, 5.74) is -1.19. The molecule has 0 bridgehead atoms. The van der Waals surface area contributed by atoms with E-state index in [0.717, 1.165) is 22.7 Å². The van der Waals surface area contributed by atoms with Gasteiger partial charge < -0.3 is 24.3 Å². The number of hydrogen-bond acceptors (Lipinski definition) is 8. The molecule has 1 aromatic carbocycles. The average Bonchev–Trinajstić information content (AvgIpc) is 3.45. The van der Waals surface area contributed by atoms with Crippen molar-refractivity contribution in [3.8, 4) is 17.3 Å². The maximum Gasteiger partial charge on any atom is 0.416 e. The van der Waals surface area contributed by atoms with Crippen molar-refractivity contribution < 1.29 is 32.2 Å². The third-order valence-corrected chi connectivity index (χ3v) is 7.57. The molecular formula is C30H31ClF3N7O5. The number of methoxy groups -OCH3 is 1. The van der Waals surface area contributed by atoms with Crippen LogP contribution in [-0.2, 0) is 22.3 Å². The van der Waals surface area contributed by atoms with Crippen LogP contribution in [0.15, 0.2) is 47.5 Å². The summed E-state index contributed by atoms with van der Waals surface area (Å²) >= 11 is 6.05. The molecule has 0 unspecified atom stereocenters. The number of piperidine rings is 1. The van der Waals surface area contributed by atoms with E-state index < -0.39 is 34.9 Å². The molecule has 0 atom stereocenters. The number of halogens is 4. The van der Waals surface area contributed by atoms with Gasteiger partial charge in [0.25, 0.3) is 5.56 Å². The van der Waals surface area contributed by atoms with Crippen molar-refractivity contribution in [2.45, 2.75) is 57.9 Å². The number of ether oxygens (including phenoxy) is 2. The number of hydrogen-bond donors (Lipinski definition) is 1. The summed E-state index contributed by atoms with van der Waals surface area (Å²) < 4.78 is 52.5. The van der Waals surface area contributed by atoms with E-state index >= 15 is 0 Å². The van der Waals surface area contributed by atoms with Crippen LogP contribution in [0.25, 0.3) is 17.2 Å². The zero-order valence-corrected chi connectivity index (χ0v) is 26.1. The van der Waals surface area contributed by atoms with Crippen molar-refractivity contribution in [2.24, 2.45) is 0 Å². The monoisotopic (exact) mass is 661 g/mol. The van der Waals surface area contributed by atoms with Crippen molar-refractivity contribution in [3.05, 3.63) is 69.2 Å². The molecule has 16 heteroatoms. The van der Waals surface area contributed by atoms with Crippen LogP contribution >= 0.6 is 11.6 Å². The largest absolute Gasteiger partial charge is 0.481 e. The molecule has 244 valence electrons. The van der Waals surface area contributed by atoms with Crippen LogP contribution in [0.1, 0.15) is 50.7 Å². The number of aromatic nitrogens is 5. The van der Waals surface area contributed by atoms with Crippen molar-refractivity contribution in [3.63, 3.8) is 0 Å². The lowest BCUT2D eigenvalue weighted by Gasteiger charge is -2.33. The first-order chi connectivity index (χ1) is 21.6. The summed E-state index contributed by atoms with van der Waals surface area (Å²) in [7, 11) is 1.45. The molecule has 2 amide bonds. The molecule has 1 N–H and O–H groups in total. The Morgan fingerprint density at radius 3 is 2.46 bits per heavy atom. The van der Waals surface area contributed by atoms with Crippen LogP contribution < -0.4 is 15.6 Å². The van der Waals surface area contributed by atoms with E-state index in [1.54, 1.807) is 37.8 Å². The highest BCUT2D eigenvalue weighted by Gasteiger charge is 2.32. The number of nitrogens with one attached hydrogen (secondary N) is 1. The molecule has 0 saturated carbocycles. The summed E-state index contributed by atoms with van der Waals surface area (Å²) in [6, 6.07) is 5.84. The molecule has 1 saturated heterocycles. The number of anilines is 1. The van der Waals surface area contributed by atoms with E-state index in [1.165, 1.54) is 24.1 Å². The van der Waals surface area contributed by atoms with Crippen molar-refractivity contribution in [1.82, 2.24) is 29.0 Å². The number of nitrogens with zero attached hydrogens (tertiary/aromatic N) is 6. The van der Waals surface area contributed by atoms with E-state index in [2.05, 4.69) is 20.4 Å². The molecule has 4 aromatic rings. The molecule has 0 radical (unpaired) electrons. The fourth-order valence-corrected chi connectivity index (χ4v) is 5.27. The molecule has 0 spiro atoms. The maximum atomic E-state index is 13.8. The Hall–Kier alpha value is -4.66. The Balaban J connectivity index is 1.47. The molecule has 12 nitrogen and oxygen atoms in total. The van der Waals surface area contributed by atoms with Crippen molar-refractivity contribution >= 4 is 35.1 Å². The topological polar surface area (TPSA) is 133 Å². The van der Waals surface area contributed by atoms with E-state index in [0.29, 0.717) is 42.9 Å². The Morgan fingerprint density at radius 2 is 1.83 bits per heavy atom. The first-order valence-corrected chi connectivity index (χ1v) is 14.7. The number of benzene rings is 1. The zero-order chi connectivity index (χ0) is 33.4. The van der Waals surface area contributed by atoms with Gasteiger partial charge in [-0.25, -0.2) is 9.78 Å². The highest BCUT2D eigenvalue weighted by atomic mass is 35.5. The minimum atomic E-state index is -4.60. The number of alkyl halides is 3. The molecule has 1 aliphatic heterocycles. The zero-order valence-electron chi connectivity index (χ0n) is 25.4. The van der Waals surface area contributed by atoms with Crippen LogP contribution in [0, 0.1) is 0 Å². The van der Waals surface area contributed by atoms with Gasteiger partial charge in [0.15, 0.2) is 5.82 Å². The van der Waals surface area contributed by atoms with Crippen LogP contribution in [0.4, 0.5) is 23.7 Å². The lowest BCUT2D eigenvalue weighted by molar-refractivity contribution is -0.137. The molecule has 4 heterocycles. The second kappa shape index (κ2) is 12.6. The molecule has 0 aliphatic carbocycles. The fraction of sp³-hybridized carbons (Fsp3) is 0.400. The Labute approximate surface area is 266 Å². The van der Waals surface area contributed by atoms with Gasteiger partial charge in [-0.2, -0.15) is 22.7 Å². The normalized spacial score (nSPS) is 14.4. The highest BCUT2D eigenvalue weighted by Crippen LogP contribution is 2.34. The van der Waals surface area contributed by atoms with Gasteiger partial charge >= 0.3 is 12.3 Å². The Kier molecular flexibility index (Phi) is 8.98. The second-order valence-corrected chi connectivity index (χ2v) is 12.1. The summed E-state index contributed by atoms with van der Waals surface area (Å²) in [6.07, 6.45) is -1.10. The van der Waals surface area contributed by atoms with Crippen LogP contribution in [0.5, 0.6) is 5.88 Å². The molecule has 1 aliphatic rings. The highest BCUT2D eigenvalue weighted by molar-refractivity contribution is 6.33. The lowest BCUT2D eigenvalue weighted by Crippen LogP contribution is -2.42. The Morgan fingerprint density at radius 1 is 1.11 bits per heavy atom. The van der Waals surface area contributed by atoms with Gasteiger partial charge in [-0.1, -0.05) is 11.6 Å². The molecular weight excluding hydrogens is 631 g/mol. The van der Waals surface area contributed by atoms with Crippen LogP contribution in [0.3, 0.4) is 0 Å². The maximum absolute atomic E-state index is 13.8. The first kappa shape index (κ1) is 32.7. The molecule has 5 rings (SSSR count). The van der Waals surface area contributed by atoms with Gasteiger partial charge in [-0.05, 0) is 63.8 Å². The van der Waals surface area contributed by atoms with Crippen molar-refractivity contribution in [1.29, 1.82) is 0 Å². The van der Waals surface area contributed by atoms with Crippen molar-refractivity contribution in [2.75, 3.05) is 25.5 Å².